The standard InChI is InChI=1S/C12H14ClFN2O3/c1-12(2,6-10(17)18)16-11(19)15-9-4-3-7(13)5-8(9)14/h3-5H,6H2,1-2H3,(H,17,18)(H2,15,16,19). The van der Waals surface area contributed by atoms with Crippen LogP contribution in [0.4, 0.5) is 14.9 Å². The van der Waals surface area contributed by atoms with Gasteiger partial charge in [0.1, 0.15) is 5.82 Å². The number of halogens is 2. The highest BCUT2D eigenvalue weighted by Gasteiger charge is 2.24. The van der Waals surface area contributed by atoms with Gasteiger partial charge >= 0.3 is 12.0 Å². The molecular weight excluding hydrogens is 275 g/mol. The molecule has 1 aromatic rings. The molecule has 0 heterocycles. The van der Waals surface area contributed by atoms with Crippen LogP contribution in [0.25, 0.3) is 0 Å². The Balaban J connectivity index is 2.67. The number of anilines is 1. The fourth-order valence-corrected chi connectivity index (χ4v) is 1.63. The molecule has 0 spiro atoms. The number of aliphatic carboxylic acids is 1. The first kappa shape index (κ1) is 15.2. The third kappa shape index (κ3) is 5.13. The molecule has 0 aromatic heterocycles. The summed E-state index contributed by atoms with van der Waals surface area (Å²) in [4.78, 5) is 22.2. The minimum Gasteiger partial charge on any atom is -0.481 e. The Morgan fingerprint density at radius 1 is 1.42 bits per heavy atom. The van der Waals surface area contributed by atoms with E-state index in [4.69, 9.17) is 16.7 Å². The van der Waals surface area contributed by atoms with Crippen molar-refractivity contribution in [2.75, 3.05) is 5.32 Å². The first-order valence-electron chi connectivity index (χ1n) is 5.45. The van der Waals surface area contributed by atoms with Gasteiger partial charge in [0.25, 0.3) is 0 Å². The van der Waals surface area contributed by atoms with Crippen molar-refractivity contribution in [1.82, 2.24) is 5.32 Å². The Bertz CT molecular complexity index is 506. The summed E-state index contributed by atoms with van der Waals surface area (Å²) in [5.41, 5.74) is -0.980. The molecule has 0 aliphatic heterocycles. The zero-order valence-corrected chi connectivity index (χ0v) is 11.2. The Hall–Kier alpha value is -1.82. The summed E-state index contributed by atoms with van der Waals surface area (Å²) >= 11 is 5.58. The lowest BCUT2D eigenvalue weighted by Gasteiger charge is -2.24. The second-order valence-electron chi connectivity index (χ2n) is 4.66. The number of nitrogens with one attached hydrogen (secondary N) is 2. The van der Waals surface area contributed by atoms with E-state index in [1.807, 2.05) is 0 Å². The van der Waals surface area contributed by atoms with Crippen LogP contribution in [-0.4, -0.2) is 22.6 Å². The van der Waals surface area contributed by atoms with E-state index in [0.717, 1.165) is 6.07 Å². The molecule has 0 aliphatic rings. The van der Waals surface area contributed by atoms with Crippen LogP contribution < -0.4 is 10.6 Å². The van der Waals surface area contributed by atoms with E-state index in [1.54, 1.807) is 13.8 Å². The van der Waals surface area contributed by atoms with E-state index in [1.165, 1.54) is 12.1 Å². The van der Waals surface area contributed by atoms with E-state index in [9.17, 15) is 14.0 Å². The quantitative estimate of drug-likeness (QED) is 0.797. The first-order chi connectivity index (χ1) is 8.69. The first-order valence-corrected chi connectivity index (χ1v) is 5.83. The minimum absolute atomic E-state index is 0.0342. The topological polar surface area (TPSA) is 78.4 Å². The smallest absolute Gasteiger partial charge is 0.319 e. The van der Waals surface area contributed by atoms with Crippen molar-refractivity contribution in [2.45, 2.75) is 25.8 Å². The van der Waals surface area contributed by atoms with Crippen LogP contribution in [-0.2, 0) is 4.79 Å². The molecule has 5 nitrogen and oxygen atoms in total. The Morgan fingerprint density at radius 2 is 2.05 bits per heavy atom. The average molecular weight is 289 g/mol. The molecule has 0 radical (unpaired) electrons. The van der Waals surface area contributed by atoms with Gasteiger partial charge < -0.3 is 15.7 Å². The van der Waals surface area contributed by atoms with E-state index < -0.39 is 23.4 Å². The lowest BCUT2D eigenvalue weighted by atomic mass is 10.0. The highest BCUT2D eigenvalue weighted by Crippen LogP contribution is 2.19. The number of urea groups is 1. The number of hydrogen-bond acceptors (Lipinski definition) is 2. The van der Waals surface area contributed by atoms with Crippen LogP contribution >= 0.6 is 11.6 Å². The molecular formula is C12H14ClFN2O3. The molecule has 0 unspecified atom stereocenters. The van der Waals surface area contributed by atoms with Crippen LogP contribution in [0.3, 0.4) is 0 Å². The summed E-state index contributed by atoms with van der Waals surface area (Å²) in [5, 5.41) is 13.6. The number of carboxylic acid groups (broad SMARTS) is 1. The van der Waals surface area contributed by atoms with E-state index in [-0.39, 0.29) is 17.1 Å². The Kier molecular flexibility index (Phi) is 4.72. The van der Waals surface area contributed by atoms with E-state index in [2.05, 4.69) is 10.6 Å². The van der Waals surface area contributed by atoms with Crippen molar-refractivity contribution < 1.29 is 19.1 Å². The van der Waals surface area contributed by atoms with Crippen molar-refractivity contribution in [1.29, 1.82) is 0 Å². The Morgan fingerprint density at radius 3 is 2.58 bits per heavy atom. The van der Waals surface area contributed by atoms with Gasteiger partial charge in [-0.3, -0.25) is 4.79 Å². The second-order valence-corrected chi connectivity index (χ2v) is 5.09. The van der Waals surface area contributed by atoms with Gasteiger partial charge in [0, 0.05) is 10.6 Å². The van der Waals surface area contributed by atoms with Gasteiger partial charge in [-0.2, -0.15) is 0 Å². The molecule has 1 aromatic carbocycles. The monoisotopic (exact) mass is 288 g/mol. The predicted octanol–water partition coefficient (Wildman–Crippen LogP) is 2.85. The molecule has 7 heteroatoms. The second kappa shape index (κ2) is 5.88. The molecule has 0 aliphatic carbocycles. The highest BCUT2D eigenvalue weighted by atomic mass is 35.5. The summed E-state index contributed by atoms with van der Waals surface area (Å²) in [7, 11) is 0. The van der Waals surface area contributed by atoms with Crippen LogP contribution in [0.5, 0.6) is 0 Å². The molecule has 0 saturated heterocycles. The molecule has 0 fully saturated rings. The van der Waals surface area contributed by atoms with Crippen LogP contribution in [0, 0.1) is 5.82 Å². The number of amides is 2. The number of benzene rings is 1. The van der Waals surface area contributed by atoms with Gasteiger partial charge in [0.15, 0.2) is 0 Å². The normalized spacial score (nSPS) is 10.9. The molecule has 19 heavy (non-hydrogen) atoms. The van der Waals surface area contributed by atoms with Gasteiger partial charge in [0.05, 0.1) is 12.1 Å². The molecule has 2 amide bonds. The third-order valence-corrected chi connectivity index (χ3v) is 2.46. The van der Waals surface area contributed by atoms with E-state index >= 15 is 0 Å². The zero-order valence-electron chi connectivity index (χ0n) is 10.5. The lowest BCUT2D eigenvalue weighted by molar-refractivity contribution is -0.138. The maximum Gasteiger partial charge on any atom is 0.319 e. The molecule has 104 valence electrons. The number of rotatable bonds is 4. The van der Waals surface area contributed by atoms with E-state index in [0.29, 0.717) is 0 Å². The van der Waals surface area contributed by atoms with Crippen molar-refractivity contribution in [3.63, 3.8) is 0 Å². The van der Waals surface area contributed by atoms with Crippen molar-refractivity contribution in [2.24, 2.45) is 0 Å². The fraction of sp³-hybridized carbons (Fsp3) is 0.333. The third-order valence-electron chi connectivity index (χ3n) is 2.22. The van der Waals surface area contributed by atoms with Gasteiger partial charge in [-0.1, -0.05) is 11.6 Å². The van der Waals surface area contributed by atoms with Crippen LogP contribution in [0.1, 0.15) is 20.3 Å². The number of carboxylic acids is 1. The van der Waals surface area contributed by atoms with Gasteiger partial charge in [0.2, 0.25) is 0 Å². The van der Waals surface area contributed by atoms with Crippen LogP contribution in [0.15, 0.2) is 18.2 Å². The minimum atomic E-state index is -1.04. The SMILES string of the molecule is CC(C)(CC(=O)O)NC(=O)Nc1ccc(Cl)cc1F. The molecule has 0 atom stereocenters. The average Bonchev–Trinajstić information content (AvgIpc) is 2.19. The van der Waals surface area contributed by atoms with Crippen molar-refractivity contribution >= 4 is 29.3 Å². The van der Waals surface area contributed by atoms with Gasteiger partial charge in [-0.25, -0.2) is 9.18 Å². The number of hydrogen-bond donors (Lipinski definition) is 3. The number of carbonyl (C=O) groups is 2. The lowest BCUT2D eigenvalue weighted by Crippen LogP contribution is -2.46. The maximum absolute atomic E-state index is 13.4. The summed E-state index contributed by atoms with van der Waals surface area (Å²) in [6.07, 6.45) is -0.247. The summed E-state index contributed by atoms with van der Waals surface area (Å²) in [6.45, 7) is 3.11. The van der Waals surface area contributed by atoms with Crippen molar-refractivity contribution in [3.05, 3.63) is 29.0 Å². The predicted molar refractivity (Wildman–Crippen MR) is 69.9 cm³/mol. The largest absolute Gasteiger partial charge is 0.481 e. The molecule has 0 bridgehead atoms. The molecule has 0 saturated carbocycles. The van der Waals surface area contributed by atoms with Gasteiger partial charge in [-0.15, -0.1) is 0 Å². The zero-order chi connectivity index (χ0) is 14.6. The summed E-state index contributed by atoms with van der Waals surface area (Å²) in [6, 6.07) is 3.14. The summed E-state index contributed by atoms with van der Waals surface area (Å²) < 4.78 is 13.4. The van der Waals surface area contributed by atoms with Crippen molar-refractivity contribution in [3.8, 4) is 0 Å². The van der Waals surface area contributed by atoms with Gasteiger partial charge in [-0.05, 0) is 32.0 Å². The molecule has 3 N–H and O–H groups in total. The summed E-state index contributed by atoms with van der Waals surface area (Å²) in [5.74, 6) is -1.71. The molecule has 1 rings (SSSR count). The Labute approximate surface area is 114 Å². The van der Waals surface area contributed by atoms with Crippen LogP contribution in [0.2, 0.25) is 5.02 Å². The highest BCUT2D eigenvalue weighted by molar-refractivity contribution is 6.30. The maximum atomic E-state index is 13.4. The number of carbonyl (C=O) groups excluding carboxylic acids is 1. The fourth-order valence-electron chi connectivity index (χ4n) is 1.47.